The maximum absolute atomic E-state index is 11.5. The molecule has 94 valence electrons. The minimum Gasteiger partial charge on any atom is -0.478 e. The number of aliphatic hydroxyl groups is 1. The van der Waals surface area contributed by atoms with Gasteiger partial charge in [0, 0.05) is 19.1 Å². The number of carbonyl (C=O) groups excluding carboxylic acids is 1. The number of nitrogens with two attached hydrogens (primary N) is 1. The Morgan fingerprint density at radius 3 is 3.00 bits per heavy atom. The minimum absolute atomic E-state index is 0.0414. The summed E-state index contributed by atoms with van der Waals surface area (Å²) >= 11 is 0. The monoisotopic (exact) mass is 240 g/mol. The molecular formula is C11H16N2O4. The van der Waals surface area contributed by atoms with Crippen molar-refractivity contribution in [1.29, 1.82) is 0 Å². The second-order valence-electron chi connectivity index (χ2n) is 3.26. The third-order valence-corrected chi connectivity index (χ3v) is 1.96. The molecule has 0 atom stereocenters. The molecule has 1 aromatic rings. The number of aromatic nitrogens is 1. The third-order valence-electron chi connectivity index (χ3n) is 1.96. The second-order valence-corrected chi connectivity index (χ2v) is 3.26. The van der Waals surface area contributed by atoms with Crippen LogP contribution in [0.3, 0.4) is 0 Å². The van der Waals surface area contributed by atoms with E-state index < -0.39 is 5.97 Å². The zero-order valence-electron chi connectivity index (χ0n) is 9.68. The van der Waals surface area contributed by atoms with Gasteiger partial charge in [-0.1, -0.05) is 0 Å². The number of hydrogen-bond donors (Lipinski definition) is 2. The number of hydrogen-bond acceptors (Lipinski definition) is 6. The number of pyridine rings is 1. The first kappa shape index (κ1) is 13.2. The quantitative estimate of drug-likeness (QED) is 0.558. The minimum atomic E-state index is -0.501. The fourth-order valence-corrected chi connectivity index (χ4v) is 1.15. The smallest absolute Gasteiger partial charge is 0.340 e. The molecule has 0 aliphatic heterocycles. The van der Waals surface area contributed by atoms with Crippen LogP contribution >= 0.6 is 0 Å². The standard InChI is InChI=1S/C11H16N2O4/c1-2-16-11(15)8-6-10(13-7-9(8)12)17-5-3-4-14/h6-7,14H,2-5,12H2,1H3. The summed E-state index contributed by atoms with van der Waals surface area (Å²) in [7, 11) is 0. The van der Waals surface area contributed by atoms with Gasteiger partial charge in [-0.3, -0.25) is 0 Å². The zero-order valence-corrected chi connectivity index (χ0v) is 9.68. The molecule has 0 spiro atoms. The first-order chi connectivity index (χ1) is 8.19. The summed E-state index contributed by atoms with van der Waals surface area (Å²) in [5.41, 5.74) is 6.10. The molecule has 0 aliphatic rings. The summed E-state index contributed by atoms with van der Waals surface area (Å²) < 4.78 is 10.1. The number of carbonyl (C=O) groups is 1. The molecule has 17 heavy (non-hydrogen) atoms. The van der Waals surface area contributed by atoms with Gasteiger partial charge < -0.3 is 20.3 Å². The van der Waals surface area contributed by atoms with Crippen LogP contribution in [0.15, 0.2) is 12.3 Å². The Bertz CT molecular complexity index is 382. The molecule has 0 saturated carbocycles. The van der Waals surface area contributed by atoms with E-state index in [2.05, 4.69) is 4.98 Å². The van der Waals surface area contributed by atoms with Crippen molar-refractivity contribution in [3.05, 3.63) is 17.8 Å². The third kappa shape index (κ3) is 3.92. The van der Waals surface area contributed by atoms with Crippen LogP contribution in [0.2, 0.25) is 0 Å². The van der Waals surface area contributed by atoms with Gasteiger partial charge >= 0.3 is 5.97 Å². The summed E-state index contributed by atoms with van der Waals surface area (Å²) in [4.78, 5) is 15.4. The molecule has 0 bridgehead atoms. The summed E-state index contributed by atoms with van der Waals surface area (Å²) in [6.45, 7) is 2.37. The van der Waals surface area contributed by atoms with Gasteiger partial charge in [0.15, 0.2) is 0 Å². The van der Waals surface area contributed by atoms with Crippen molar-refractivity contribution in [3.63, 3.8) is 0 Å². The predicted molar refractivity (Wildman–Crippen MR) is 61.8 cm³/mol. The molecule has 6 heteroatoms. The van der Waals surface area contributed by atoms with Crippen molar-refractivity contribution < 1.29 is 19.4 Å². The first-order valence-corrected chi connectivity index (χ1v) is 5.35. The first-order valence-electron chi connectivity index (χ1n) is 5.35. The molecule has 0 aliphatic carbocycles. The van der Waals surface area contributed by atoms with E-state index in [1.165, 1.54) is 12.3 Å². The maximum atomic E-state index is 11.5. The van der Waals surface area contributed by atoms with E-state index in [1.807, 2.05) is 0 Å². The molecule has 6 nitrogen and oxygen atoms in total. The molecule has 0 aromatic carbocycles. The van der Waals surface area contributed by atoms with Crippen molar-refractivity contribution in [2.24, 2.45) is 0 Å². The topological polar surface area (TPSA) is 94.7 Å². The normalized spacial score (nSPS) is 10.0. The molecule has 1 rings (SSSR count). The van der Waals surface area contributed by atoms with Gasteiger partial charge in [-0.25, -0.2) is 9.78 Å². The highest BCUT2D eigenvalue weighted by Crippen LogP contribution is 2.17. The highest BCUT2D eigenvalue weighted by Gasteiger charge is 2.12. The maximum Gasteiger partial charge on any atom is 0.340 e. The fourth-order valence-electron chi connectivity index (χ4n) is 1.15. The van der Waals surface area contributed by atoms with E-state index in [0.717, 1.165) is 0 Å². The van der Waals surface area contributed by atoms with Gasteiger partial charge in [-0.15, -0.1) is 0 Å². The average Bonchev–Trinajstić information content (AvgIpc) is 2.32. The SMILES string of the molecule is CCOC(=O)c1cc(OCCCO)ncc1N. The Labute approximate surface area is 99.4 Å². The van der Waals surface area contributed by atoms with E-state index in [0.29, 0.717) is 13.0 Å². The Balaban J connectivity index is 2.75. The average molecular weight is 240 g/mol. The van der Waals surface area contributed by atoms with E-state index in [1.54, 1.807) is 6.92 Å². The molecule has 1 aromatic heterocycles. The Morgan fingerprint density at radius 2 is 2.35 bits per heavy atom. The summed E-state index contributed by atoms with van der Waals surface area (Å²) in [6.07, 6.45) is 1.85. The van der Waals surface area contributed by atoms with Crippen LogP contribution in [-0.4, -0.2) is 35.9 Å². The molecule has 0 saturated heterocycles. The lowest BCUT2D eigenvalue weighted by molar-refractivity contribution is 0.0527. The van der Waals surface area contributed by atoms with Crippen molar-refractivity contribution in [2.45, 2.75) is 13.3 Å². The fraction of sp³-hybridized carbons (Fsp3) is 0.455. The van der Waals surface area contributed by atoms with Gasteiger partial charge in [0.25, 0.3) is 0 Å². The van der Waals surface area contributed by atoms with Crippen LogP contribution in [-0.2, 0) is 4.74 Å². The van der Waals surface area contributed by atoms with Crippen LogP contribution in [0.1, 0.15) is 23.7 Å². The molecular weight excluding hydrogens is 224 g/mol. The van der Waals surface area contributed by atoms with Crippen LogP contribution in [0, 0.1) is 0 Å². The van der Waals surface area contributed by atoms with Gasteiger partial charge in [0.1, 0.15) is 0 Å². The lowest BCUT2D eigenvalue weighted by Crippen LogP contribution is -2.10. The summed E-state index contributed by atoms with van der Waals surface area (Å²) in [5, 5.41) is 8.61. The largest absolute Gasteiger partial charge is 0.478 e. The van der Waals surface area contributed by atoms with E-state index in [9.17, 15) is 4.79 Å². The number of ether oxygens (including phenoxy) is 2. The van der Waals surface area contributed by atoms with Gasteiger partial charge in [0.2, 0.25) is 5.88 Å². The summed E-state index contributed by atoms with van der Waals surface area (Å²) in [5.74, 6) is -0.213. The number of nitrogens with zero attached hydrogens (tertiary/aromatic N) is 1. The predicted octanol–water partition coefficient (Wildman–Crippen LogP) is 0.602. The number of rotatable bonds is 6. The molecule has 0 amide bonds. The Kier molecular flexibility index (Phi) is 5.22. The molecule has 0 fully saturated rings. The molecule has 0 unspecified atom stereocenters. The highest BCUT2D eigenvalue weighted by molar-refractivity contribution is 5.95. The number of nitrogen functional groups attached to an aromatic ring is 1. The number of esters is 1. The van der Waals surface area contributed by atoms with Gasteiger partial charge in [-0.05, 0) is 6.92 Å². The van der Waals surface area contributed by atoms with E-state index in [-0.39, 0.29) is 30.3 Å². The lowest BCUT2D eigenvalue weighted by atomic mass is 10.2. The zero-order chi connectivity index (χ0) is 12.7. The second kappa shape index (κ2) is 6.70. The van der Waals surface area contributed by atoms with Gasteiger partial charge in [-0.2, -0.15) is 0 Å². The van der Waals surface area contributed by atoms with Crippen LogP contribution in [0.5, 0.6) is 5.88 Å². The van der Waals surface area contributed by atoms with Crippen molar-refractivity contribution in [2.75, 3.05) is 25.6 Å². The van der Waals surface area contributed by atoms with Crippen molar-refractivity contribution in [1.82, 2.24) is 4.98 Å². The van der Waals surface area contributed by atoms with Gasteiger partial charge in [0.05, 0.1) is 30.7 Å². The van der Waals surface area contributed by atoms with Crippen molar-refractivity contribution in [3.8, 4) is 5.88 Å². The highest BCUT2D eigenvalue weighted by atomic mass is 16.5. The van der Waals surface area contributed by atoms with Crippen LogP contribution in [0.4, 0.5) is 5.69 Å². The van der Waals surface area contributed by atoms with Crippen LogP contribution < -0.4 is 10.5 Å². The summed E-state index contributed by atoms with van der Waals surface area (Å²) in [6, 6.07) is 1.44. The molecule has 1 heterocycles. The number of anilines is 1. The lowest BCUT2D eigenvalue weighted by Gasteiger charge is -2.08. The Hall–Kier alpha value is -1.82. The van der Waals surface area contributed by atoms with E-state index in [4.69, 9.17) is 20.3 Å². The van der Waals surface area contributed by atoms with Crippen molar-refractivity contribution >= 4 is 11.7 Å². The molecule has 3 N–H and O–H groups in total. The molecule has 0 radical (unpaired) electrons. The van der Waals surface area contributed by atoms with E-state index >= 15 is 0 Å². The van der Waals surface area contributed by atoms with Crippen LogP contribution in [0.25, 0.3) is 0 Å². The number of aliphatic hydroxyl groups excluding tert-OH is 1. The Morgan fingerprint density at radius 1 is 1.59 bits per heavy atom.